The third-order valence-electron chi connectivity index (χ3n) is 4.30. The standard InChI is InChI=1S/C21H23N5O2/c1-13(2)17-7-5-6-14(3)19(17)24-18-12-22-26-21(25-18)23-16-10-8-15(9-11-16)20(27)28-4/h5-13H,1-4H3,(H2,23,24,25,26). The molecule has 0 spiro atoms. The Kier molecular flexibility index (Phi) is 5.84. The maximum atomic E-state index is 11.5. The highest BCUT2D eigenvalue weighted by Crippen LogP contribution is 2.29. The molecule has 28 heavy (non-hydrogen) atoms. The number of para-hydroxylation sites is 1. The van der Waals surface area contributed by atoms with Crippen LogP contribution in [0.4, 0.5) is 23.1 Å². The Labute approximate surface area is 164 Å². The van der Waals surface area contributed by atoms with Crippen LogP contribution in [0.5, 0.6) is 0 Å². The van der Waals surface area contributed by atoms with Crippen molar-refractivity contribution in [3.05, 3.63) is 65.4 Å². The lowest BCUT2D eigenvalue weighted by Gasteiger charge is -2.16. The quantitative estimate of drug-likeness (QED) is 0.608. The summed E-state index contributed by atoms with van der Waals surface area (Å²) in [5, 5.41) is 14.5. The predicted molar refractivity (Wildman–Crippen MR) is 109 cm³/mol. The smallest absolute Gasteiger partial charge is 0.337 e. The van der Waals surface area contributed by atoms with Crippen LogP contribution in [-0.4, -0.2) is 28.3 Å². The molecule has 2 N–H and O–H groups in total. The molecule has 0 bridgehead atoms. The molecule has 3 aromatic rings. The van der Waals surface area contributed by atoms with E-state index in [-0.39, 0.29) is 5.97 Å². The van der Waals surface area contributed by atoms with E-state index in [0.29, 0.717) is 23.2 Å². The van der Waals surface area contributed by atoms with Gasteiger partial charge in [0.2, 0.25) is 5.95 Å². The number of carbonyl (C=O) groups is 1. The summed E-state index contributed by atoms with van der Waals surface area (Å²) < 4.78 is 4.70. The van der Waals surface area contributed by atoms with Gasteiger partial charge < -0.3 is 15.4 Å². The number of methoxy groups -OCH3 is 1. The second-order valence-electron chi connectivity index (χ2n) is 6.68. The molecule has 3 rings (SSSR count). The van der Waals surface area contributed by atoms with Gasteiger partial charge in [-0.05, 0) is 48.2 Å². The number of ether oxygens (including phenoxy) is 1. The van der Waals surface area contributed by atoms with E-state index in [4.69, 9.17) is 4.74 Å². The van der Waals surface area contributed by atoms with E-state index in [0.717, 1.165) is 16.9 Å². The summed E-state index contributed by atoms with van der Waals surface area (Å²) in [6, 6.07) is 13.1. The van der Waals surface area contributed by atoms with E-state index in [1.54, 1.807) is 30.5 Å². The van der Waals surface area contributed by atoms with E-state index in [1.165, 1.54) is 12.7 Å². The minimum atomic E-state index is -0.380. The van der Waals surface area contributed by atoms with Gasteiger partial charge in [-0.1, -0.05) is 32.0 Å². The Hall–Kier alpha value is -3.48. The molecule has 7 heteroatoms. The van der Waals surface area contributed by atoms with Gasteiger partial charge in [0.15, 0.2) is 5.82 Å². The van der Waals surface area contributed by atoms with Crippen molar-refractivity contribution in [2.75, 3.05) is 17.7 Å². The number of aromatic nitrogens is 3. The molecule has 0 aliphatic carbocycles. The first-order valence-electron chi connectivity index (χ1n) is 8.99. The summed E-state index contributed by atoms with van der Waals surface area (Å²) >= 11 is 0. The molecule has 0 fully saturated rings. The lowest BCUT2D eigenvalue weighted by atomic mass is 9.98. The molecule has 144 valence electrons. The number of esters is 1. The third kappa shape index (κ3) is 4.43. The highest BCUT2D eigenvalue weighted by atomic mass is 16.5. The summed E-state index contributed by atoms with van der Waals surface area (Å²) in [5.74, 6) is 0.952. The molecule has 7 nitrogen and oxygen atoms in total. The molecule has 2 aromatic carbocycles. The number of carbonyl (C=O) groups excluding carboxylic acids is 1. The number of aryl methyl sites for hydroxylation is 1. The number of nitrogens with one attached hydrogen (secondary N) is 2. The van der Waals surface area contributed by atoms with Gasteiger partial charge in [0, 0.05) is 11.4 Å². The van der Waals surface area contributed by atoms with Crippen LogP contribution in [0.15, 0.2) is 48.7 Å². The fourth-order valence-electron chi connectivity index (χ4n) is 2.82. The Balaban J connectivity index is 1.79. The molecule has 0 radical (unpaired) electrons. The van der Waals surface area contributed by atoms with E-state index >= 15 is 0 Å². The third-order valence-corrected chi connectivity index (χ3v) is 4.30. The van der Waals surface area contributed by atoms with Crippen LogP contribution >= 0.6 is 0 Å². The number of nitrogens with zero attached hydrogens (tertiary/aromatic N) is 3. The number of hydrogen-bond acceptors (Lipinski definition) is 7. The van der Waals surface area contributed by atoms with Gasteiger partial charge in [-0.3, -0.25) is 0 Å². The second-order valence-corrected chi connectivity index (χ2v) is 6.68. The van der Waals surface area contributed by atoms with Crippen molar-refractivity contribution >= 4 is 29.1 Å². The molecular formula is C21H23N5O2. The predicted octanol–water partition coefficient (Wildman–Crippen LogP) is 4.58. The summed E-state index contributed by atoms with van der Waals surface area (Å²) in [5.41, 5.74) is 4.60. The van der Waals surface area contributed by atoms with Gasteiger partial charge in [0.05, 0.1) is 18.9 Å². The maximum absolute atomic E-state index is 11.5. The second kappa shape index (κ2) is 8.47. The van der Waals surface area contributed by atoms with Crippen molar-refractivity contribution in [1.82, 2.24) is 15.2 Å². The molecule has 1 aromatic heterocycles. The first-order chi connectivity index (χ1) is 13.5. The molecule has 0 aliphatic heterocycles. The van der Waals surface area contributed by atoms with Crippen molar-refractivity contribution < 1.29 is 9.53 Å². The molecule has 0 amide bonds. The van der Waals surface area contributed by atoms with E-state index < -0.39 is 0 Å². The molecule has 0 saturated heterocycles. The molecule has 0 unspecified atom stereocenters. The summed E-state index contributed by atoms with van der Waals surface area (Å²) in [4.78, 5) is 16.0. The van der Waals surface area contributed by atoms with Crippen molar-refractivity contribution in [1.29, 1.82) is 0 Å². The highest BCUT2D eigenvalue weighted by Gasteiger charge is 2.11. The SMILES string of the molecule is COC(=O)c1ccc(Nc2nncc(Nc3c(C)cccc3C(C)C)n2)cc1. The average molecular weight is 377 g/mol. The lowest BCUT2D eigenvalue weighted by Crippen LogP contribution is -2.05. The zero-order valence-corrected chi connectivity index (χ0v) is 16.4. The molecule has 0 aliphatic rings. The van der Waals surface area contributed by atoms with Crippen molar-refractivity contribution in [2.24, 2.45) is 0 Å². The Morgan fingerprint density at radius 1 is 1.07 bits per heavy atom. The summed E-state index contributed by atoms with van der Waals surface area (Å²) in [6.07, 6.45) is 1.59. The number of hydrogen-bond donors (Lipinski definition) is 2. The fraction of sp³-hybridized carbons (Fsp3) is 0.238. The molecule has 0 atom stereocenters. The van der Waals surface area contributed by atoms with Crippen LogP contribution in [0, 0.1) is 6.92 Å². The van der Waals surface area contributed by atoms with Gasteiger partial charge in [-0.2, -0.15) is 10.1 Å². The highest BCUT2D eigenvalue weighted by molar-refractivity contribution is 5.89. The first-order valence-corrected chi connectivity index (χ1v) is 8.99. The summed E-state index contributed by atoms with van der Waals surface area (Å²) in [6.45, 7) is 6.37. The van der Waals surface area contributed by atoms with Crippen LogP contribution in [-0.2, 0) is 4.74 Å². The van der Waals surface area contributed by atoms with E-state index in [9.17, 15) is 4.79 Å². The van der Waals surface area contributed by atoms with Gasteiger partial charge in [-0.15, -0.1) is 5.10 Å². The van der Waals surface area contributed by atoms with E-state index in [1.807, 2.05) is 0 Å². The summed E-state index contributed by atoms with van der Waals surface area (Å²) in [7, 11) is 1.35. The minimum Gasteiger partial charge on any atom is -0.465 e. The van der Waals surface area contributed by atoms with Crippen LogP contribution in [0.25, 0.3) is 0 Å². The first kappa shape index (κ1) is 19.3. The van der Waals surface area contributed by atoms with E-state index in [2.05, 4.69) is 64.8 Å². The monoisotopic (exact) mass is 377 g/mol. The number of benzene rings is 2. The number of rotatable bonds is 6. The molecule has 1 heterocycles. The Bertz CT molecular complexity index is 971. The normalized spacial score (nSPS) is 10.6. The van der Waals surface area contributed by atoms with Crippen molar-refractivity contribution in [3.63, 3.8) is 0 Å². The van der Waals surface area contributed by atoms with Crippen LogP contribution in [0.2, 0.25) is 0 Å². The molecular weight excluding hydrogens is 354 g/mol. The topological polar surface area (TPSA) is 89.0 Å². The van der Waals surface area contributed by atoms with Gasteiger partial charge in [-0.25, -0.2) is 4.79 Å². The maximum Gasteiger partial charge on any atom is 0.337 e. The van der Waals surface area contributed by atoms with Crippen molar-refractivity contribution in [3.8, 4) is 0 Å². The minimum absolute atomic E-state index is 0.357. The fourth-order valence-corrected chi connectivity index (χ4v) is 2.82. The van der Waals surface area contributed by atoms with Crippen LogP contribution in [0.1, 0.15) is 41.3 Å². The largest absolute Gasteiger partial charge is 0.465 e. The number of anilines is 4. The zero-order chi connectivity index (χ0) is 20.1. The van der Waals surface area contributed by atoms with Crippen LogP contribution < -0.4 is 10.6 Å². The van der Waals surface area contributed by atoms with Gasteiger partial charge in [0.1, 0.15) is 0 Å². The van der Waals surface area contributed by atoms with Crippen LogP contribution in [0.3, 0.4) is 0 Å². The zero-order valence-electron chi connectivity index (χ0n) is 16.4. The Morgan fingerprint density at radius 3 is 2.50 bits per heavy atom. The Morgan fingerprint density at radius 2 is 1.82 bits per heavy atom. The van der Waals surface area contributed by atoms with Gasteiger partial charge in [0.25, 0.3) is 0 Å². The van der Waals surface area contributed by atoms with Crippen molar-refractivity contribution in [2.45, 2.75) is 26.7 Å². The average Bonchev–Trinajstić information content (AvgIpc) is 2.69. The van der Waals surface area contributed by atoms with Gasteiger partial charge >= 0.3 is 5.97 Å². The molecule has 0 saturated carbocycles. The lowest BCUT2D eigenvalue weighted by molar-refractivity contribution is 0.0601.